The van der Waals surface area contributed by atoms with Crippen molar-refractivity contribution in [1.29, 1.82) is 0 Å². The number of quaternary nitrogens is 1. The number of aromatic amines is 1. The highest BCUT2D eigenvalue weighted by molar-refractivity contribution is 7.18. The van der Waals surface area contributed by atoms with Crippen LogP contribution < -0.4 is 19.9 Å². The Balaban J connectivity index is 1.82. The number of aryl methyl sites for hydroxylation is 1. The summed E-state index contributed by atoms with van der Waals surface area (Å²) in [5.41, 5.74) is 2.22. The zero-order chi connectivity index (χ0) is 21.8. The highest BCUT2D eigenvalue weighted by Crippen LogP contribution is 2.29. The van der Waals surface area contributed by atoms with Gasteiger partial charge in [0.15, 0.2) is 5.82 Å². The molecule has 3 aromatic rings. The van der Waals surface area contributed by atoms with Gasteiger partial charge in [0, 0.05) is 16.5 Å². The van der Waals surface area contributed by atoms with E-state index in [1.54, 1.807) is 25.6 Å². The number of hydrogen-bond acceptors (Lipinski definition) is 5. The molecule has 2 aromatic heterocycles. The Kier molecular flexibility index (Phi) is 7.15. The highest BCUT2D eigenvalue weighted by atomic mass is 32.1. The Hall–Kier alpha value is -2.38. The quantitative estimate of drug-likeness (QED) is 0.547. The second-order valence-corrected chi connectivity index (χ2v) is 9.24. The maximum atomic E-state index is 12.9. The lowest BCUT2D eigenvalue weighted by Gasteiger charge is -2.16. The fourth-order valence-corrected chi connectivity index (χ4v) is 4.79. The smallest absolute Gasteiger partial charge is 0.260 e. The zero-order valence-electron chi connectivity index (χ0n) is 18.7. The van der Waals surface area contributed by atoms with Crippen molar-refractivity contribution in [2.75, 3.05) is 21.3 Å². The molecular formula is C23H32N3O3S+. The Bertz CT molecular complexity index is 1070. The third-order valence-corrected chi connectivity index (χ3v) is 6.66. The second-order valence-electron chi connectivity index (χ2n) is 8.04. The Morgan fingerprint density at radius 2 is 2.00 bits per heavy atom. The van der Waals surface area contributed by atoms with Crippen molar-refractivity contribution in [1.82, 2.24) is 9.97 Å². The maximum Gasteiger partial charge on any atom is 0.260 e. The first-order valence-electron chi connectivity index (χ1n) is 10.4. The molecule has 0 amide bonds. The van der Waals surface area contributed by atoms with Crippen molar-refractivity contribution in [3.05, 3.63) is 50.4 Å². The number of nitrogens with one attached hydrogen (secondary N) is 2. The van der Waals surface area contributed by atoms with Crippen molar-refractivity contribution in [3.63, 3.8) is 0 Å². The number of H-pyrrole nitrogens is 1. The first-order chi connectivity index (χ1) is 14.4. The van der Waals surface area contributed by atoms with Gasteiger partial charge >= 0.3 is 0 Å². The average molecular weight is 431 g/mol. The molecule has 0 aliphatic rings. The normalized spacial score (nSPS) is 13.4. The molecule has 2 heterocycles. The maximum absolute atomic E-state index is 12.9. The van der Waals surface area contributed by atoms with Crippen LogP contribution in [0.2, 0.25) is 0 Å². The minimum absolute atomic E-state index is 0.0209. The van der Waals surface area contributed by atoms with Crippen molar-refractivity contribution in [3.8, 4) is 11.5 Å². The number of benzene rings is 1. The van der Waals surface area contributed by atoms with E-state index in [9.17, 15) is 4.79 Å². The number of methoxy groups -OCH3 is 2. The van der Waals surface area contributed by atoms with Crippen LogP contribution in [0.1, 0.15) is 42.1 Å². The van der Waals surface area contributed by atoms with E-state index in [0.717, 1.165) is 52.2 Å². The summed E-state index contributed by atoms with van der Waals surface area (Å²) in [5.74, 6) is 2.84. The van der Waals surface area contributed by atoms with Crippen LogP contribution in [0, 0.1) is 12.8 Å². The van der Waals surface area contributed by atoms with Crippen molar-refractivity contribution >= 4 is 21.6 Å². The summed E-state index contributed by atoms with van der Waals surface area (Å²) >= 11 is 1.63. The molecule has 3 rings (SSSR count). The van der Waals surface area contributed by atoms with Gasteiger partial charge in [0.25, 0.3) is 5.56 Å². The van der Waals surface area contributed by atoms with Crippen LogP contribution in [-0.2, 0) is 19.5 Å². The van der Waals surface area contributed by atoms with Crippen LogP contribution in [-0.4, -0.2) is 31.2 Å². The molecular weight excluding hydrogens is 398 g/mol. The fourth-order valence-electron chi connectivity index (χ4n) is 3.71. The van der Waals surface area contributed by atoms with E-state index in [2.05, 4.69) is 32.8 Å². The molecule has 30 heavy (non-hydrogen) atoms. The molecule has 1 aromatic carbocycles. The van der Waals surface area contributed by atoms with Gasteiger partial charge in [0.05, 0.1) is 26.7 Å². The predicted molar refractivity (Wildman–Crippen MR) is 122 cm³/mol. The van der Waals surface area contributed by atoms with Crippen LogP contribution in [0.15, 0.2) is 23.0 Å². The van der Waals surface area contributed by atoms with E-state index < -0.39 is 0 Å². The van der Waals surface area contributed by atoms with Crippen LogP contribution >= 0.6 is 11.3 Å². The zero-order valence-corrected chi connectivity index (χ0v) is 19.5. The molecule has 162 valence electrons. The molecule has 2 atom stereocenters. The fraction of sp³-hybridized carbons (Fsp3) is 0.478. The average Bonchev–Trinajstić information content (AvgIpc) is 3.03. The SMILES string of the molecule is CC[C@@H](C)Cc1c(C)sc2nc(C[NH+](C)Cc3ccc(OC)cc3OC)[nH]c(=O)c12. The first kappa shape index (κ1) is 22.3. The summed E-state index contributed by atoms with van der Waals surface area (Å²) in [6.45, 7) is 7.88. The van der Waals surface area contributed by atoms with Gasteiger partial charge in [-0.25, -0.2) is 4.98 Å². The summed E-state index contributed by atoms with van der Waals surface area (Å²) in [6, 6.07) is 5.84. The molecule has 2 N–H and O–H groups in total. The van der Waals surface area contributed by atoms with E-state index >= 15 is 0 Å². The third kappa shape index (κ3) is 4.84. The van der Waals surface area contributed by atoms with E-state index in [4.69, 9.17) is 14.5 Å². The van der Waals surface area contributed by atoms with Crippen molar-refractivity contribution in [2.45, 2.75) is 46.7 Å². The van der Waals surface area contributed by atoms with E-state index in [-0.39, 0.29) is 5.56 Å². The summed E-state index contributed by atoms with van der Waals surface area (Å²) in [6.07, 6.45) is 2.03. The number of thiophene rings is 1. The van der Waals surface area contributed by atoms with Crippen LogP contribution in [0.3, 0.4) is 0 Å². The number of nitrogens with zero attached hydrogens (tertiary/aromatic N) is 1. The molecule has 6 nitrogen and oxygen atoms in total. The van der Waals surface area contributed by atoms with E-state index in [1.807, 2.05) is 18.2 Å². The summed E-state index contributed by atoms with van der Waals surface area (Å²) in [5, 5.41) is 0.774. The topological polar surface area (TPSA) is 68.7 Å². The third-order valence-electron chi connectivity index (χ3n) is 5.62. The summed E-state index contributed by atoms with van der Waals surface area (Å²) in [4.78, 5) is 23.9. The number of fused-ring (bicyclic) bond motifs is 1. The molecule has 0 saturated heterocycles. The Morgan fingerprint density at radius 1 is 1.23 bits per heavy atom. The minimum atomic E-state index is -0.0209. The lowest BCUT2D eigenvalue weighted by molar-refractivity contribution is -0.908. The molecule has 0 spiro atoms. The molecule has 0 saturated carbocycles. The van der Waals surface area contributed by atoms with Gasteiger partial charge < -0.3 is 19.4 Å². The van der Waals surface area contributed by atoms with Gasteiger partial charge in [-0.2, -0.15) is 0 Å². The van der Waals surface area contributed by atoms with Gasteiger partial charge in [0.1, 0.15) is 29.4 Å². The second kappa shape index (κ2) is 9.62. The van der Waals surface area contributed by atoms with Crippen LogP contribution in [0.4, 0.5) is 0 Å². The number of hydrogen-bond donors (Lipinski definition) is 2. The first-order valence-corrected chi connectivity index (χ1v) is 11.2. The monoisotopic (exact) mass is 430 g/mol. The van der Waals surface area contributed by atoms with Crippen molar-refractivity contribution < 1.29 is 14.4 Å². The molecule has 0 aliphatic carbocycles. The number of rotatable bonds is 9. The van der Waals surface area contributed by atoms with Gasteiger partial charge in [-0.15, -0.1) is 11.3 Å². The van der Waals surface area contributed by atoms with E-state index in [0.29, 0.717) is 18.3 Å². The van der Waals surface area contributed by atoms with Gasteiger partial charge in [0.2, 0.25) is 0 Å². The minimum Gasteiger partial charge on any atom is -0.497 e. The summed E-state index contributed by atoms with van der Waals surface area (Å²) < 4.78 is 10.8. The molecule has 0 radical (unpaired) electrons. The highest BCUT2D eigenvalue weighted by Gasteiger charge is 2.18. The molecule has 0 fully saturated rings. The van der Waals surface area contributed by atoms with Crippen molar-refractivity contribution in [2.24, 2.45) is 5.92 Å². The Labute approximate surface area is 181 Å². The van der Waals surface area contributed by atoms with Gasteiger partial charge in [-0.3, -0.25) is 4.79 Å². The van der Waals surface area contributed by atoms with E-state index in [1.165, 1.54) is 9.78 Å². The molecule has 7 heteroatoms. The summed E-state index contributed by atoms with van der Waals surface area (Å²) in [7, 11) is 5.39. The molecule has 1 unspecified atom stereocenters. The lowest BCUT2D eigenvalue weighted by Crippen LogP contribution is -3.06. The largest absolute Gasteiger partial charge is 0.497 e. The Morgan fingerprint density at radius 3 is 2.67 bits per heavy atom. The lowest BCUT2D eigenvalue weighted by atomic mass is 9.98. The van der Waals surface area contributed by atoms with Gasteiger partial charge in [-0.1, -0.05) is 20.3 Å². The molecule has 0 bridgehead atoms. The molecule has 0 aliphatic heterocycles. The van der Waals surface area contributed by atoms with Crippen LogP contribution in [0.5, 0.6) is 11.5 Å². The standard InChI is InChI=1S/C23H31N3O3S/c1-7-14(2)10-18-15(3)30-23-21(18)22(27)24-20(25-23)13-26(4)12-16-8-9-17(28-5)11-19(16)29-6/h8-9,11,14H,7,10,12-13H2,1-6H3,(H,24,25,27)/p+1/t14-/m1/s1. The number of aromatic nitrogens is 2. The van der Waals surface area contributed by atoms with Crippen LogP contribution in [0.25, 0.3) is 10.2 Å². The number of ether oxygens (including phenoxy) is 2. The van der Waals surface area contributed by atoms with Gasteiger partial charge in [-0.05, 0) is 37.0 Å². The predicted octanol–water partition coefficient (Wildman–Crippen LogP) is 3.11.